The summed E-state index contributed by atoms with van der Waals surface area (Å²) >= 11 is 0. The quantitative estimate of drug-likeness (QED) is 0.829. The highest BCUT2D eigenvalue weighted by Gasteiger charge is 2.47. The summed E-state index contributed by atoms with van der Waals surface area (Å²) < 4.78 is 12.0. The minimum Gasteiger partial charge on any atom is -0.486 e. The van der Waals surface area contributed by atoms with Crippen LogP contribution in [0.25, 0.3) is 0 Å². The van der Waals surface area contributed by atoms with Gasteiger partial charge < -0.3 is 20.9 Å². The molecule has 1 unspecified atom stereocenters. The molecule has 0 spiro atoms. The molecule has 5 nitrogen and oxygen atoms in total. The molecule has 1 atom stereocenters. The van der Waals surface area contributed by atoms with Crippen molar-refractivity contribution in [1.29, 1.82) is 0 Å². The van der Waals surface area contributed by atoms with Crippen LogP contribution >= 0.6 is 0 Å². The average molecular weight is 278 g/mol. The Morgan fingerprint density at radius 1 is 1.35 bits per heavy atom. The van der Waals surface area contributed by atoms with Crippen molar-refractivity contribution in [1.82, 2.24) is 0 Å². The maximum Gasteiger partial charge on any atom is 0.252 e. The Labute approximate surface area is 119 Å². The first-order valence-electron chi connectivity index (χ1n) is 6.67. The van der Waals surface area contributed by atoms with Crippen molar-refractivity contribution in [2.45, 2.75) is 51.4 Å². The zero-order valence-electron chi connectivity index (χ0n) is 12.4. The van der Waals surface area contributed by atoms with E-state index in [-0.39, 0.29) is 11.7 Å². The molecule has 1 aromatic rings. The predicted octanol–water partition coefficient (Wildman–Crippen LogP) is 2.09. The molecule has 4 N–H and O–H groups in total. The van der Waals surface area contributed by atoms with Gasteiger partial charge >= 0.3 is 0 Å². The summed E-state index contributed by atoms with van der Waals surface area (Å²) in [4.78, 5) is 11.5. The van der Waals surface area contributed by atoms with Crippen LogP contribution in [-0.2, 0) is 4.74 Å². The third-order valence-electron chi connectivity index (χ3n) is 3.53. The van der Waals surface area contributed by atoms with Crippen molar-refractivity contribution in [3.05, 3.63) is 23.8 Å². The van der Waals surface area contributed by atoms with E-state index in [2.05, 4.69) is 0 Å². The van der Waals surface area contributed by atoms with Crippen LogP contribution in [-0.4, -0.2) is 23.2 Å². The van der Waals surface area contributed by atoms with Gasteiger partial charge in [0.25, 0.3) is 5.91 Å². The molecular weight excluding hydrogens is 256 g/mol. The normalized spacial score (nSPS) is 23.5. The number of carbonyl (C=O) groups is 1. The molecule has 1 amide bonds. The van der Waals surface area contributed by atoms with Crippen LogP contribution in [0.1, 0.15) is 44.5 Å². The van der Waals surface area contributed by atoms with Crippen LogP contribution in [0.3, 0.4) is 0 Å². The molecule has 0 saturated carbocycles. The molecule has 1 saturated heterocycles. The summed E-state index contributed by atoms with van der Waals surface area (Å²) in [6.45, 7) is 7.99. The highest BCUT2D eigenvalue weighted by atomic mass is 16.6. The SMILES string of the molecule is CC1(C)CC(Oc2cc(N)ccc2C(N)=O)C(C)(C)O1. The number of nitrogen functional groups attached to an aromatic ring is 1. The molecule has 1 fully saturated rings. The van der Waals surface area contributed by atoms with Crippen molar-refractivity contribution in [3.8, 4) is 5.75 Å². The topological polar surface area (TPSA) is 87.6 Å². The monoisotopic (exact) mass is 278 g/mol. The first-order valence-corrected chi connectivity index (χ1v) is 6.67. The van der Waals surface area contributed by atoms with Crippen molar-refractivity contribution in [2.75, 3.05) is 5.73 Å². The van der Waals surface area contributed by atoms with Crippen molar-refractivity contribution in [2.24, 2.45) is 5.73 Å². The number of hydrogen-bond acceptors (Lipinski definition) is 4. The summed E-state index contributed by atoms with van der Waals surface area (Å²) in [6.07, 6.45) is 0.560. The molecule has 2 rings (SSSR count). The lowest BCUT2D eigenvalue weighted by atomic mass is 9.97. The fraction of sp³-hybridized carbons (Fsp3) is 0.533. The van der Waals surface area contributed by atoms with Gasteiger partial charge in [-0.15, -0.1) is 0 Å². The highest BCUT2D eigenvalue weighted by Crippen LogP contribution is 2.40. The van der Waals surface area contributed by atoms with Crippen molar-refractivity contribution < 1.29 is 14.3 Å². The third-order valence-corrected chi connectivity index (χ3v) is 3.53. The van der Waals surface area contributed by atoms with Gasteiger partial charge in [0.15, 0.2) is 0 Å². The fourth-order valence-electron chi connectivity index (χ4n) is 2.69. The van der Waals surface area contributed by atoms with Crippen molar-refractivity contribution in [3.63, 3.8) is 0 Å². The number of anilines is 1. The molecule has 1 aliphatic heterocycles. The first kappa shape index (κ1) is 14.7. The number of ether oxygens (including phenoxy) is 2. The number of benzene rings is 1. The fourth-order valence-corrected chi connectivity index (χ4v) is 2.69. The van der Waals surface area contributed by atoms with E-state index in [4.69, 9.17) is 20.9 Å². The zero-order chi connectivity index (χ0) is 15.1. The van der Waals surface area contributed by atoms with Gasteiger partial charge in [-0.2, -0.15) is 0 Å². The molecule has 0 radical (unpaired) electrons. The van der Waals surface area contributed by atoms with Crippen LogP contribution in [0, 0.1) is 0 Å². The van der Waals surface area contributed by atoms with E-state index in [1.807, 2.05) is 27.7 Å². The number of nitrogens with two attached hydrogens (primary N) is 2. The van der Waals surface area contributed by atoms with Crippen LogP contribution in [0.4, 0.5) is 5.69 Å². The summed E-state index contributed by atoms with van der Waals surface area (Å²) in [5, 5.41) is 0. The number of amides is 1. The maximum absolute atomic E-state index is 11.5. The van der Waals surface area contributed by atoms with Crippen LogP contribution in [0.5, 0.6) is 5.75 Å². The Morgan fingerprint density at radius 3 is 2.50 bits per heavy atom. The molecular formula is C15H22N2O3. The Bertz CT molecular complexity index is 538. The molecule has 5 heteroatoms. The van der Waals surface area contributed by atoms with Gasteiger partial charge in [-0.05, 0) is 39.8 Å². The lowest BCUT2D eigenvalue weighted by Gasteiger charge is -2.28. The second kappa shape index (κ2) is 4.66. The predicted molar refractivity (Wildman–Crippen MR) is 77.6 cm³/mol. The Balaban J connectivity index is 2.30. The highest BCUT2D eigenvalue weighted by molar-refractivity contribution is 5.96. The number of primary amides is 1. The Kier molecular flexibility index (Phi) is 3.42. The maximum atomic E-state index is 11.5. The van der Waals surface area contributed by atoms with Gasteiger partial charge in [-0.3, -0.25) is 4.79 Å². The van der Waals surface area contributed by atoms with Gasteiger partial charge in [0, 0.05) is 18.2 Å². The van der Waals surface area contributed by atoms with E-state index in [0.29, 0.717) is 17.0 Å². The summed E-state index contributed by atoms with van der Waals surface area (Å²) in [7, 11) is 0. The van der Waals surface area contributed by atoms with E-state index >= 15 is 0 Å². The van der Waals surface area contributed by atoms with Crippen LogP contribution < -0.4 is 16.2 Å². The molecule has 1 heterocycles. The summed E-state index contributed by atoms with van der Waals surface area (Å²) in [5.41, 5.74) is 11.3. The Morgan fingerprint density at radius 2 is 2.00 bits per heavy atom. The molecule has 1 aromatic carbocycles. The second-order valence-electron chi connectivity index (χ2n) is 6.40. The van der Waals surface area contributed by atoms with Gasteiger partial charge in [0.05, 0.1) is 11.2 Å². The van der Waals surface area contributed by atoms with E-state index in [1.54, 1.807) is 18.2 Å². The van der Waals surface area contributed by atoms with E-state index < -0.39 is 11.5 Å². The molecule has 20 heavy (non-hydrogen) atoms. The standard InChI is InChI=1S/C15H22N2O3/c1-14(2)8-12(15(3,4)20-14)19-11-7-9(16)5-6-10(11)13(17)18/h5-7,12H,8,16H2,1-4H3,(H2,17,18). The van der Waals surface area contributed by atoms with Crippen LogP contribution in [0.15, 0.2) is 18.2 Å². The molecule has 0 bridgehead atoms. The zero-order valence-corrected chi connectivity index (χ0v) is 12.4. The molecule has 110 valence electrons. The van der Waals surface area contributed by atoms with E-state index in [0.717, 1.165) is 6.42 Å². The summed E-state index contributed by atoms with van der Waals surface area (Å²) in [6, 6.07) is 4.84. The first-order chi connectivity index (χ1) is 9.11. The minimum absolute atomic E-state index is 0.169. The van der Waals surface area contributed by atoms with Gasteiger partial charge in [0.1, 0.15) is 17.5 Å². The smallest absolute Gasteiger partial charge is 0.252 e. The Hall–Kier alpha value is -1.75. The van der Waals surface area contributed by atoms with E-state index in [1.165, 1.54) is 0 Å². The van der Waals surface area contributed by atoms with Gasteiger partial charge in [-0.25, -0.2) is 0 Å². The largest absolute Gasteiger partial charge is 0.486 e. The minimum atomic E-state index is -0.531. The lowest BCUT2D eigenvalue weighted by molar-refractivity contribution is -0.0846. The number of hydrogen-bond donors (Lipinski definition) is 2. The average Bonchev–Trinajstić information content (AvgIpc) is 2.46. The van der Waals surface area contributed by atoms with Gasteiger partial charge in [-0.1, -0.05) is 0 Å². The van der Waals surface area contributed by atoms with Crippen LogP contribution in [0.2, 0.25) is 0 Å². The molecule has 1 aliphatic rings. The van der Waals surface area contributed by atoms with Gasteiger partial charge in [0.2, 0.25) is 0 Å². The molecule has 0 aromatic heterocycles. The third kappa shape index (κ3) is 2.88. The lowest BCUT2D eigenvalue weighted by Crippen LogP contribution is -2.37. The second-order valence-corrected chi connectivity index (χ2v) is 6.40. The number of carbonyl (C=O) groups excluding carboxylic acids is 1. The van der Waals surface area contributed by atoms with E-state index in [9.17, 15) is 4.79 Å². The molecule has 0 aliphatic carbocycles. The summed E-state index contributed by atoms with van der Waals surface area (Å²) in [5.74, 6) is -0.118. The number of rotatable bonds is 3. The van der Waals surface area contributed by atoms with Crippen molar-refractivity contribution >= 4 is 11.6 Å².